The van der Waals surface area contributed by atoms with E-state index in [1.807, 2.05) is 12.1 Å². The van der Waals surface area contributed by atoms with Crippen LogP contribution in [0, 0.1) is 5.82 Å². The van der Waals surface area contributed by atoms with E-state index in [1.165, 1.54) is 18.2 Å². The molecule has 1 aliphatic rings. The Morgan fingerprint density at radius 3 is 2.44 bits per heavy atom. The van der Waals surface area contributed by atoms with Crippen molar-refractivity contribution in [3.8, 4) is 0 Å². The normalized spacial score (nSPS) is 14.0. The molecule has 1 fully saturated rings. The first-order valence-electron chi connectivity index (χ1n) is 7.93. The highest BCUT2D eigenvalue weighted by molar-refractivity contribution is 6.43. The maximum atomic E-state index is 13.2. The smallest absolute Gasteiger partial charge is 0.314 e. The Kier molecular flexibility index (Phi) is 5.25. The maximum absolute atomic E-state index is 13.2. The quantitative estimate of drug-likeness (QED) is 0.839. The topological polar surface area (TPSA) is 70.7 Å². The minimum absolute atomic E-state index is 0.224. The average Bonchev–Trinajstić information content (AvgIpc) is 2.63. The molecule has 2 N–H and O–H groups in total. The van der Waals surface area contributed by atoms with Crippen LogP contribution < -0.4 is 15.5 Å². The molecule has 1 saturated heterocycles. The van der Waals surface area contributed by atoms with E-state index in [0.717, 1.165) is 11.8 Å². The summed E-state index contributed by atoms with van der Waals surface area (Å²) in [7, 11) is 0. The van der Waals surface area contributed by atoms with Gasteiger partial charge in [-0.15, -0.1) is 0 Å². The van der Waals surface area contributed by atoms with Gasteiger partial charge in [-0.1, -0.05) is 18.2 Å². The number of nitrogens with zero attached hydrogens (tertiary/aromatic N) is 1. The van der Waals surface area contributed by atoms with Gasteiger partial charge in [0.1, 0.15) is 5.82 Å². The van der Waals surface area contributed by atoms with Crippen LogP contribution in [0.2, 0.25) is 0 Å². The van der Waals surface area contributed by atoms with Gasteiger partial charge in [0.15, 0.2) is 0 Å². The third-order valence-corrected chi connectivity index (χ3v) is 3.79. The first kappa shape index (κ1) is 16.9. The predicted octanol–water partition coefficient (Wildman–Crippen LogP) is 2.24. The number of halogens is 1. The van der Waals surface area contributed by atoms with E-state index in [-0.39, 0.29) is 5.69 Å². The van der Waals surface area contributed by atoms with Crippen LogP contribution in [0.3, 0.4) is 0 Å². The Labute approximate surface area is 144 Å². The third-order valence-electron chi connectivity index (χ3n) is 3.79. The first-order chi connectivity index (χ1) is 12.1. The highest BCUT2D eigenvalue weighted by atomic mass is 19.1. The van der Waals surface area contributed by atoms with E-state index < -0.39 is 17.6 Å². The lowest BCUT2D eigenvalue weighted by Crippen LogP contribution is -2.37. The minimum Gasteiger partial charge on any atom is -0.378 e. The molecule has 25 heavy (non-hydrogen) atoms. The number of benzene rings is 2. The zero-order valence-corrected chi connectivity index (χ0v) is 13.5. The van der Waals surface area contributed by atoms with Gasteiger partial charge < -0.3 is 20.3 Å². The van der Waals surface area contributed by atoms with Crippen molar-refractivity contribution in [2.45, 2.75) is 0 Å². The van der Waals surface area contributed by atoms with Crippen LogP contribution in [-0.4, -0.2) is 38.1 Å². The van der Waals surface area contributed by atoms with Gasteiger partial charge in [0.2, 0.25) is 0 Å². The lowest BCUT2D eigenvalue weighted by Gasteiger charge is -2.30. The molecule has 0 unspecified atom stereocenters. The lowest BCUT2D eigenvalue weighted by molar-refractivity contribution is -0.132. The number of carbonyl (C=O) groups is 2. The number of para-hydroxylation sites is 2. The molecule has 130 valence electrons. The van der Waals surface area contributed by atoms with Crippen molar-refractivity contribution in [2.75, 3.05) is 41.8 Å². The highest BCUT2D eigenvalue weighted by Crippen LogP contribution is 2.26. The fourth-order valence-corrected chi connectivity index (χ4v) is 2.59. The molecule has 1 heterocycles. The lowest BCUT2D eigenvalue weighted by atomic mass is 10.2. The maximum Gasteiger partial charge on any atom is 0.314 e. The number of morpholine rings is 1. The van der Waals surface area contributed by atoms with E-state index in [2.05, 4.69) is 15.5 Å². The van der Waals surface area contributed by atoms with Crippen molar-refractivity contribution in [1.82, 2.24) is 0 Å². The Balaban J connectivity index is 1.69. The van der Waals surface area contributed by atoms with Crippen molar-refractivity contribution in [1.29, 1.82) is 0 Å². The van der Waals surface area contributed by atoms with Gasteiger partial charge >= 0.3 is 11.8 Å². The molecule has 0 aromatic heterocycles. The van der Waals surface area contributed by atoms with Crippen molar-refractivity contribution >= 4 is 28.9 Å². The second kappa shape index (κ2) is 7.76. The van der Waals surface area contributed by atoms with Gasteiger partial charge in [-0.25, -0.2) is 4.39 Å². The summed E-state index contributed by atoms with van der Waals surface area (Å²) in [4.78, 5) is 26.3. The number of amides is 2. The largest absolute Gasteiger partial charge is 0.378 e. The molecule has 6 nitrogen and oxygen atoms in total. The molecular formula is C18H18FN3O3. The molecule has 7 heteroatoms. The van der Waals surface area contributed by atoms with E-state index in [4.69, 9.17) is 4.74 Å². The third kappa shape index (κ3) is 4.33. The van der Waals surface area contributed by atoms with Crippen LogP contribution in [0.25, 0.3) is 0 Å². The number of rotatable bonds is 3. The van der Waals surface area contributed by atoms with Crippen LogP contribution in [0.4, 0.5) is 21.5 Å². The molecule has 0 spiro atoms. The summed E-state index contributed by atoms with van der Waals surface area (Å²) in [6, 6.07) is 12.6. The summed E-state index contributed by atoms with van der Waals surface area (Å²) >= 11 is 0. The number of carbonyl (C=O) groups excluding carboxylic acids is 2. The molecule has 2 aromatic carbocycles. The van der Waals surface area contributed by atoms with Crippen LogP contribution in [-0.2, 0) is 14.3 Å². The Hall–Kier alpha value is -2.93. The molecule has 1 aliphatic heterocycles. The Morgan fingerprint density at radius 1 is 0.960 bits per heavy atom. The summed E-state index contributed by atoms with van der Waals surface area (Å²) in [5.74, 6) is -2.16. The zero-order valence-electron chi connectivity index (χ0n) is 13.5. The second-order valence-electron chi connectivity index (χ2n) is 5.54. The Morgan fingerprint density at radius 2 is 1.68 bits per heavy atom. The van der Waals surface area contributed by atoms with Gasteiger partial charge in [-0.2, -0.15) is 0 Å². The van der Waals surface area contributed by atoms with Crippen LogP contribution in [0.15, 0.2) is 48.5 Å². The summed E-state index contributed by atoms with van der Waals surface area (Å²) in [6.07, 6.45) is 0. The molecule has 0 saturated carbocycles. The molecule has 0 atom stereocenters. The van der Waals surface area contributed by atoms with Crippen LogP contribution in [0.5, 0.6) is 0 Å². The average molecular weight is 343 g/mol. The molecule has 0 bridgehead atoms. The molecule has 0 radical (unpaired) electrons. The molecule has 2 aromatic rings. The highest BCUT2D eigenvalue weighted by Gasteiger charge is 2.19. The molecule has 0 aliphatic carbocycles. The van der Waals surface area contributed by atoms with E-state index >= 15 is 0 Å². The fourth-order valence-electron chi connectivity index (χ4n) is 2.59. The fraction of sp³-hybridized carbons (Fsp3) is 0.222. The molecular weight excluding hydrogens is 325 g/mol. The van der Waals surface area contributed by atoms with Gasteiger partial charge in [0, 0.05) is 18.8 Å². The number of hydrogen-bond donors (Lipinski definition) is 2. The van der Waals surface area contributed by atoms with E-state index in [0.29, 0.717) is 32.0 Å². The van der Waals surface area contributed by atoms with Gasteiger partial charge in [-0.05, 0) is 30.3 Å². The molecule has 2 amide bonds. The van der Waals surface area contributed by atoms with Gasteiger partial charge in [0.05, 0.1) is 24.6 Å². The molecule has 3 rings (SSSR count). The van der Waals surface area contributed by atoms with Gasteiger partial charge in [-0.3, -0.25) is 9.59 Å². The minimum atomic E-state index is -0.859. The van der Waals surface area contributed by atoms with Crippen LogP contribution >= 0.6 is 0 Å². The van der Waals surface area contributed by atoms with Crippen molar-refractivity contribution < 1.29 is 18.7 Å². The van der Waals surface area contributed by atoms with E-state index in [9.17, 15) is 14.0 Å². The summed E-state index contributed by atoms with van der Waals surface area (Å²) in [5, 5.41) is 4.99. The van der Waals surface area contributed by atoms with Crippen LogP contribution in [0.1, 0.15) is 0 Å². The van der Waals surface area contributed by atoms with E-state index in [1.54, 1.807) is 12.1 Å². The standard InChI is InChI=1S/C18H18FN3O3/c19-13-4-3-5-14(12-13)20-17(23)18(24)21-15-6-1-2-7-16(15)22-8-10-25-11-9-22/h1-7,12H,8-11H2,(H,20,23)(H,21,24). The number of ether oxygens (including phenoxy) is 1. The van der Waals surface area contributed by atoms with Crippen molar-refractivity contribution in [2.24, 2.45) is 0 Å². The predicted molar refractivity (Wildman–Crippen MR) is 93.1 cm³/mol. The second-order valence-corrected chi connectivity index (χ2v) is 5.54. The Bertz CT molecular complexity index is 776. The number of nitrogens with one attached hydrogen (secondary N) is 2. The summed E-state index contributed by atoms with van der Waals surface area (Å²) < 4.78 is 18.5. The van der Waals surface area contributed by atoms with Crippen molar-refractivity contribution in [3.05, 3.63) is 54.3 Å². The first-order valence-corrected chi connectivity index (χ1v) is 7.93. The SMILES string of the molecule is O=C(Nc1cccc(F)c1)C(=O)Nc1ccccc1N1CCOCC1. The monoisotopic (exact) mass is 343 g/mol. The number of hydrogen-bond acceptors (Lipinski definition) is 4. The summed E-state index contributed by atoms with van der Waals surface area (Å²) in [6.45, 7) is 2.65. The summed E-state index contributed by atoms with van der Waals surface area (Å²) in [5.41, 5.74) is 1.60. The van der Waals surface area contributed by atoms with Crippen molar-refractivity contribution in [3.63, 3.8) is 0 Å². The van der Waals surface area contributed by atoms with Gasteiger partial charge in [0.25, 0.3) is 0 Å². The zero-order chi connectivity index (χ0) is 17.6. The number of anilines is 3.